The molecule has 1 N–H and O–H groups in total. The second-order valence-electron chi connectivity index (χ2n) is 8.11. The molecule has 0 bridgehead atoms. The van der Waals surface area contributed by atoms with Gasteiger partial charge in [0.1, 0.15) is 5.69 Å². The molecular formula is C23H25N5O2S. The fraction of sp³-hybridized carbons (Fsp3) is 0.304. The van der Waals surface area contributed by atoms with Gasteiger partial charge in [-0.1, -0.05) is 24.3 Å². The molecule has 1 unspecified atom stereocenters. The highest BCUT2D eigenvalue weighted by molar-refractivity contribution is 7.89. The van der Waals surface area contributed by atoms with Crippen molar-refractivity contribution in [1.82, 2.24) is 24.3 Å². The molecule has 1 atom stereocenters. The second kappa shape index (κ2) is 8.28. The van der Waals surface area contributed by atoms with Crippen LogP contribution in [0.5, 0.6) is 0 Å². The minimum absolute atomic E-state index is 0.382. The van der Waals surface area contributed by atoms with Crippen LogP contribution in [-0.2, 0) is 16.6 Å². The molecule has 0 spiro atoms. The van der Waals surface area contributed by atoms with Crippen LogP contribution in [0.1, 0.15) is 19.3 Å². The van der Waals surface area contributed by atoms with E-state index in [4.69, 9.17) is 0 Å². The van der Waals surface area contributed by atoms with Gasteiger partial charge < -0.3 is 4.57 Å². The minimum Gasteiger partial charge on any atom is -0.347 e. The molecule has 1 saturated heterocycles. The summed E-state index contributed by atoms with van der Waals surface area (Å²) in [4.78, 5) is 0.382. The van der Waals surface area contributed by atoms with Crippen molar-refractivity contribution in [2.75, 3.05) is 13.1 Å². The van der Waals surface area contributed by atoms with Gasteiger partial charge in [-0.2, -0.15) is 19.7 Å². The lowest BCUT2D eigenvalue weighted by Gasteiger charge is -2.20. The van der Waals surface area contributed by atoms with E-state index >= 15 is 0 Å². The summed E-state index contributed by atoms with van der Waals surface area (Å²) in [6.45, 7) is 2.05. The number of nitrogens with zero attached hydrogens (tertiary/aromatic N) is 4. The normalized spacial score (nSPS) is 18.3. The highest BCUT2D eigenvalue weighted by atomic mass is 32.2. The van der Waals surface area contributed by atoms with E-state index in [2.05, 4.69) is 50.4 Å². The summed E-state index contributed by atoms with van der Waals surface area (Å²) in [5, 5.41) is 11.9. The van der Waals surface area contributed by atoms with Crippen LogP contribution in [0, 0.1) is 5.92 Å². The first-order valence-electron chi connectivity index (χ1n) is 10.6. The lowest BCUT2D eigenvalue weighted by molar-refractivity contribution is 0.388. The fourth-order valence-electron chi connectivity index (χ4n) is 4.44. The number of nitrogens with one attached hydrogen (secondary N) is 1. The van der Waals surface area contributed by atoms with E-state index in [1.165, 1.54) is 10.9 Å². The van der Waals surface area contributed by atoms with Crippen molar-refractivity contribution < 1.29 is 8.42 Å². The molecule has 1 fully saturated rings. The molecule has 8 heteroatoms. The first-order chi connectivity index (χ1) is 15.1. The van der Waals surface area contributed by atoms with Crippen LogP contribution in [0.2, 0.25) is 0 Å². The van der Waals surface area contributed by atoms with Crippen molar-refractivity contribution in [1.29, 1.82) is 0 Å². The quantitative estimate of drug-likeness (QED) is 0.515. The van der Waals surface area contributed by atoms with E-state index in [1.54, 1.807) is 34.8 Å². The van der Waals surface area contributed by atoms with E-state index in [1.807, 2.05) is 6.07 Å². The van der Waals surface area contributed by atoms with E-state index < -0.39 is 10.0 Å². The maximum absolute atomic E-state index is 13.0. The van der Waals surface area contributed by atoms with Gasteiger partial charge in [-0.15, -0.1) is 0 Å². The van der Waals surface area contributed by atoms with E-state index in [-0.39, 0.29) is 0 Å². The Balaban J connectivity index is 1.30. The highest BCUT2D eigenvalue weighted by Crippen LogP contribution is 2.27. The van der Waals surface area contributed by atoms with Crippen molar-refractivity contribution in [3.63, 3.8) is 0 Å². The van der Waals surface area contributed by atoms with Crippen LogP contribution < -0.4 is 0 Å². The molecule has 0 amide bonds. The standard InChI is InChI=1S/C23H25N5O2S/c29-31(30,21-6-2-1-3-7-21)28-12-4-5-18(10-14-28)17-27-13-11-20-15-19(8-9-23(20)27)22-16-24-26-25-22/h1-3,6-9,11,13,15-16,18H,4-5,10,12,14,17H2,(H,24,25,26). The monoisotopic (exact) mass is 435 g/mol. The zero-order valence-corrected chi connectivity index (χ0v) is 18.0. The lowest BCUT2D eigenvalue weighted by atomic mass is 10.0. The molecule has 4 aromatic rings. The second-order valence-corrected chi connectivity index (χ2v) is 10.0. The summed E-state index contributed by atoms with van der Waals surface area (Å²) in [5.74, 6) is 0.446. The van der Waals surface area contributed by atoms with Gasteiger partial charge >= 0.3 is 0 Å². The molecule has 0 aliphatic carbocycles. The molecule has 0 radical (unpaired) electrons. The summed E-state index contributed by atoms with van der Waals surface area (Å²) >= 11 is 0. The highest BCUT2D eigenvalue weighted by Gasteiger charge is 2.27. The first-order valence-corrected chi connectivity index (χ1v) is 12.1. The first kappa shape index (κ1) is 20.0. The number of hydrogen-bond donors (Lipinski definition) is 1. The van der Waals surface area contributed by atoms with Crippen molar-refractivity contribution in [2.24, 2.45) is 5.92 Å². The Hall–Kier alpha value is -2.97. The number of H-pyrrole nitrogens is 1. The molecule has 7 nitrogen and oxygen atoms in total. The molecule has 31 heavy (non-hydrogen) atoms. The molecule has 0 saturated carbocycles. The Morgan fingerprint density at radius 1 is 1.03 bits per heavy atom. The van der Waals surface area contributed by atoms with E-state index in [0.717, 1.165) is 37.1 Å². The average Bonchev–Trinajstić information content (AvgIpc) is 3.40. The summed E-state index contributed by atoms with van der Waals surface area (Å²) < 4.78 is 29.9. The smallest absolute Gasteiger partial charge is 0.243 e. The van der Waals surface area contributed by atoms with E-state index in [0.29, 0.717) is 23.9 Å². The number of aromatic nitrogens is 4. The molecule has 160 valence electrons. The molecule has 1 aliphatic heterocycles. The Kier molecular flexibility index (Phi) is 5.33. The minimum atomic E-state index is -3.42. The van der Waals surface area contributed by atoms with Crippen LogP contribution in [0.4, 0.5) is 0 Å². The number of benzene rings is 2. The predicted molar refractivity (Wildman–Crippen MR) is 120 cm³/mol. The van der Waals surface area contributed by atoms with Gasteiger partial charge in [0.2, 0.25) is 10.0 Å². The van der Waals surface area contributed by atoms with Crippen LogP contribution >= 0.6 is 0 Å². The largest absolute Gasteiger partial charge is 0.347 e. The molecule has 3 heterocycles. The number of aromatic amines is 1. The van der Waals surface area contributed by atoms with Gasteiger partial charge in [-0.3, -0.25) is 0 Å². The zero-order valence-electron chi connectivity index (χ0n) is 17.2. The van der Waals surface area contributed by atoms with Crippen LogP contribution in [0.15, 0.2) is 71.9 Å². The predicted octanol–water partition coefficient (Wildman–Crippen LogP) is 3.92. The van der Waals surface area contributed by atoms with Crippen LogP contribution in [0.3, 0.4) is 0 Å². The molecule has 2 aromatic carbocycles. The van der Waals surface area contributed by atoms with Crippen molar-refractivity contribution in [3.8, 4) is 11.3 Å². The van der Waals surface area contributed by atoms with Crippen LogP contribution in [0.25, 0.3) is 22.2 Å². The van der Waals surface area contributed by atoms with Crippen molar-refractivity contribution in [3.05, 3.63) is 67.0 Å². The lowest BCUT2D eigenvalue weighted by Crippen LogP contribution is -2.32. The number of sulfonamides is 1. The molecular weight excluding hydrogens is 410 g/mol. The van der Waals surface area contributed by atoms with Crippen molar-refractivity contribution in [2.45, 2.75) is 30.7 Å². The number of hydrogen-bond acceptors (Lipinski definition) is 4. The average molecular weight is 436 g/mol. The summed E-state index contributed by atoms with van der Waals surface area (Å²) in [5.41, 5.74) is 3.05. The molecule has 1 aliphatic rings. The fourth-order valence-corrected chi connectivity index (χ4v) is 5.96. The summed E-state index contributed by atoms with van der Waals surface area (Å²) in [6, 6.07) is 17.2. The summed E-state index contributed by atoms with van der Waals surface area (Å²) in [6.07, 6.45) is 6.62. The molecule has 5 rings (SSSR count). The Morgan fingerprint density at radius 2 is 1.90 bits per heavy atom. The third-order valence-corrected chi connectivity index (χ3v) is 8.04. The number of rotatable bonds is 5. The summed E-state index contributed by atoms with van der Waals surface area (Å²) in [7, 11) is -3.42. The third kappa shape index (κ3) is 4.00. The van der Waals surface area contributed by atoms with Gasteiger partial charge in [-0.25, -0.2) is 8.42 Å². The SMILES string of the molecule is O=S(=O)(c1ccccc1)N1CCCC(Cn2ccc3cc(-c4cn[nH]n4)ccc32)CC1. The van der Waals surface area contributed by atoms with Crippen molar-refractivity contribution >= 4 is 20.9 Å². The Bertz CT molecular complexity index is 1270. The third-order valence-electron chi connectivity index (χ3n) is 6.12. The van der Waals surface area contributed by atoms with E-state index in [9.17, 15) is 8.42 Å². The van der Waals surface area contributed by atoms with Gasteiger partial charge in [0, 0.05) is 42.3 Å². The van der Waals surface area contributed by atoms with Gasteiger partial charge in [0.15, 0.2) is 0 Å². The Labute approximate surface area is 181 Å². The Morgan fingerprint density at radius 3 is 2.71 bits per heavy atom. The van der Waals surface area contributed by atoms with Gasteiger partial charge in [0.25, 0.3) is 0 Å². The zero-order chi connectivity index (χ0) is 21.3. The maximum Gasteiger partial charge on any atom is 0.243 e. The topological polar surface area (TPSA) is 83.9 Å². The molecule has 2 aromatic heterocycles. The number of fused-ring (bicyclic) bond motifs is 1. The van der Waals surface area contributed by atoms with Gasteiger partial charge in [-0.05, 0) is 55.5 Å². The maximum atomic E-state index is 13.0. The van der Waals surface area contributed by atoms with Crippen LogP contribution in [-0.4, -0.2) is 45.8 Å². The van der Waals surface area contributed by atoms with Gasteiger partial charge in [0.05, 0.1) is 11.1 Å².